The molecule has 6 heteroatoms. The molecule has 3 N–H and O–H groups in total. The van der Waals surface area contributed by atoms with Gasteiger partial charge in [0, 0.05) is 32.7 Å². The Morgan fingerprint density at radius 2 is 2.21 bits per heavy atom. The van der Waals surface area contributed by atoms with E-state index < -0.39 is 12.0 Å². The Labute approximate surface area is 113 Å². The van der Waals surface area contributed by atoms with Crippen LogP contribution in [-0.2, 0) is 14.3 Å². The Balaban J connectivity index is 2.54. The van der Waals surface area contributed by atoms with Crippen molar-refractivity contribution in [1.29, 1.82) is 0 Å². The number of likely N-dealkylation sites (tertiary alicyclic amines) is 1. The van der Waals surface area contributed by atoms with Crippen molar-refractivity contribution in [3.8, 4) is 0 Å². The fraction of sp³-hybridized carbons (Fsp3) is 0.846. The van der Waals surface area contributed by atoms with E-state index in [2.05, 4.69) is 0 Å². The highest BCUT2D eigenvalue weighted by atomic mass is 16.5. The van der Waals surface area contributed by atoms with Gasteiger partial charge < -0.3 is 20.5 Å². The number of hydrogen-bond donors (Lipinski definition) is 2. The zero-order chi connectivity index (χ0) is 14.3. The molecule has 1 saturated heterocycles. The zero-order valence-electron chi connectivity index (χ0n) is 11.5. The van der Waals surface area contributed by atoms with Crippen molar-refractivity contribution in [2.75, 3.05) is 20.3 Å². The second-order valence-corrected chi connectivity index (χ2v) is 5.00. The molecule has 2 atom stereocenters. The third-order valence-corrected chi connectivity index (χ3v) is 3.55. The summed E-state index contributed by atoms with van der Waals surface area (Å²) in [5.41, 5.74) is 5.86. The van der Waals surface area contributed by atoms with Crippen LogP contribution in [0.15, 0.2) is 0 Å². The van der Waals surface area contributed by atoms with Crippen LogP contribution in [0.5, 0.6) is 0 Å². The molecule has 110 valence electrons. The minimum absolute atomic E-state index is 0.0194. The van der Waals surface area contributed by atoms with Crippen LogP contribution >= 0.6 is 0 Å². The molecular weight excluding hydrogens is 248 g/mol. The van der Waals surface area contributed by atoms with Gasteiger partial charge in [-0.1, -0.05) is 0 Å². The molecule has 1 amide bonds. The summed E-state index contributed by atoms with van der Waals surface area (Å²) in [6.45, 7) is 1.14. The molecule has 19 heavy (non-hydrogen) atoms. The zero-order valence-corrected chi connectivity index (χ0v) is 11.5. The van der Waals surface area contributed by atoms with Gasteiger partial charge in [0.15, 0.2) is 0 Å². The van der Waals surface area contributed by atoms with E-state index in [4.69, 9.17) is 15.6 Å². The number of ether oxygens (including phenoxy) is 1. The van der Waals surface area contributed by atoms with Crippen LogP contribution in [0.2, 0.25) is 0 Å². The van der Waals surface area contributed by atoms with E-state index in [0.29, 0.717) is 26.0 Å². The highest BCUT2D eigenvalue weighted by Crippen LogP contribution is 2.21. The van der Waals surface area contributed by atoms with E-state index in [1.54, 1.807) is 12.0 Å². The maximum absolute atomic E-state index is 12.3. The first-order chi connectivity index (χ1) is 9.06. The molecule has 0 saturated carbocycles. The average molecular weight is 272 g/mol. The molecule has 0 aliphatic carbocycles. The first-order valence-corrected chi connectivity index (χ1v) is 6.83. The van der Waals surface area contributed by atoms with Crippen molar-refractivity contribution >= 4 is 11.9 Å². The molecule has 6 nitrogen and oxygen atoms in total. The van der Waals surface area contributed by atoms with E-state index in [1.807, 2.05) is 0 Å². The number of hydrogen-bond acceptors (Lipinski definition) is 4. The summed E-state index contributed by atoms with van der Waals surface area (Å²) in [4.78, 5) is 24.7. The van der Waals surface area contributed by atoms with Crippen LogP contribution in [-0.4, -0.2) is 54.2 Å². The Morgan fingerprint density at radius 1 is 1.47 bits per heavy atom. The standard InChI is InChI=1S/C13H24N2O4/c1-19-9-7-11(14)13(18)15-8-3-2-4-10(15)5-6-12(16)17/h10-11H,2-9,14H2,1H3,(H,16,17). The number of carboxylic acids is 1. The number of rotatable bonds is 7. The quantitative estimate of drug-likeness (QED) is 0.708. The fourth-order valence-electron chi connectivity index (χ4n) is 2.46. The van der Waals surface area contributed by atoms with Gasteiger partial charge in [0.05, 0.1) is 6.04 Å². The molecule has 0 radical (unpaired) electrons. The largest absolute Gasteiger partial charge is 0.481 e. The van der Waals surface area contributed by atoms with Crippen LogP contribution in [0.25, 0.3) is 0 Å². The van der Waals surface area contributed by atoms with E-state index in [0.717, 1.165) is 19.3 Å². The van der Waals surface area contributed by atoms with Crippen molar-refractivity contribution in [2.45, 2.75) is 50.6 Å². The second-order valence-electron chi connectivity index (χ2n) is 5.00. The predicted molar refractivity (Wildman–Crippen MR) is 70.7 cm³/mol. The Morgan fingerprint density at radius 3 is 2.84 bits per heavy atom. The number of nitrogens with two attached hydrogens (primary N) is 1. The number of nitrogens with zero attached hydrogens (tertiary/aromatic N) is 1. The van der Waals surface area contributed by atoms with Crippen molar-refractivity contribution in [2.24, 2.45) is 5.73 Å². The summed E-state index contributed by atoms with van der Waals surface area (Å²) < 4.78 is 4.93. The average Bonchev–Trinajstić information content (AvgIpc) is 2.42. The van der Waals surface area contributed by atoms with Crippen LogP contribution in [0.3, 0.4) is 0 Å². The Kier molecular flexibility index (Phi) is 6.80. The van der Waals surface area contributed by atoms with Crippen molar-refractivity contribution in [3.63, 3.8) is 0 Å². The molecule has 1 fully saturated rings. The topological polar surface area (TPSA) is 92.9 Å². The number of carbonyl (C=O) groups is 2. The normalized spacial score (nSPS) is 21.2. The minimum atomic E-state index is -0.818. The molecule has 0 aromatic rings. The number of aliphatic carboxylic acids is 1. The van der Waals surface area contributed by atoms with E-state index in [1.165, 1.54) is 0 Å². The number of methoxy groups -OCH3 is 1. The molecule has 0 aromatic heterocycles. The van der Waals surface area contributed by atoms with Crippen LogP contribution in [0, 0.1) is 0 Å². The Bertz CT molecular complexity index is 309. The van der Waals surface area contributed by atoms with Crippen LogP contribution in [0.4, 0.5) is 0 Å². The summed E-state index contributed by atoms with van der Waals surface area (Å²) in [6.07, 6.45) is 3.99. The van der Waals surface area contributed by atoms with Gasteiger partial charge in [0.2, 0.25) is 5.91 Å². The third-order valence-electron chi connectivity index (χ3n) is 3.55. The lowest BCUT2D eigenvalue weighted by molar-refractivity contribution is -0.140. The molecule has 1 aliphatic rings. The van der Waals surface area contributed by atoms with Crippen molar-refractivity contribution in [1.82, 2.24) is 4.90 Å². The van der Waals surface area contributed by atoms with Crippen molar-refractivity contribution < 1.29 is 19.4 Å². The second kappa shape index (κ2) is 8.12. The molecule has 1 heterocycles. The van der Waals surface area contributed by atoms with Gasteiger partial charge in [-0.2, -0.15) is 0 Å². The van der Waals surface area contributed by atoms with Gasteiger partial charge in [-0.15, -0.1) is 0 Å². The number of carbonyl (C=O) groups excluding carboxylic acids is 1. The summed E-state index contributed by atoms with van der Waals surface area (Å²) in [7, 11) is 1.58. The smallest absolute Gasteiger partial charge is 0.303 e. The summed E-state index contributed by atoms with van der Waals surface area (Å²) in [5, 5.41) is 8.75. The monoisotopic (exact) mass is 272 g/mol. The van der Waals surface area contributed by atoms with Crippen LogP contribution < -0.4 is 5.73 Å². The van der Waals surface area contributed by atoms with Gasteiger partial charge in [0.1, 0.15) is 0 Å². The number of amides is 1. The van der Waals surface area contributed by atoms with Gasteiger partial charge >= 0.3 is 5.97 Å². The molecule has 1 rings (SSSR count). The molecule has 1 aliphatic heterocycles. The number of piperidine rings is 1. The summed E-state index contributed by atoms with van der Waals surface area (Å²) in [6, 6.07) is -0.531. The van der Waals surface area contributed by atoms with E-state index in [9.17, 15) is 9.59 Å². The first-order valence-electron chi connectivity index (χ1n) is 6.83. The molecule has 0 aromatic carbocycles. The first kappa shape index (κ1) is 15.9. The molecule has 2 unspecified atom stereocenters. The molecule has 0 bridgehead atoms. The minimum Gasteiger partial charge on any atom is -0.481 e. The number of carboxylic acid groups (broad SMARTS) is 1. The molecular formula is C13H24N2O4. The molecule has 0 spiro atoms. The lowest BCUT2D eigenvalue weighted by Gasteiger charge is -2.37. The highest BCUT2D eigenvalue weighted by Gasteiger charge is 2.29. The SMILES string of the molecule is COCCC(N)C(=O)N1CCCCC1CCC(=O)O. The third kappa shape index (κ3) is 5.16. The lowest BCUT2D eigenvalue weighted by atomic mass is 9.96. The fourth-order valence-corrected chi connectivity index (χ4v) is 2.46. The summed E-state index contributed by atoms with van der Waals surface area (Å²) >= 11 is 0. The maximum Gasteiger partial charge on any atom is 0.303 e. The highest BCUT2D eigenvalue weighted by molar-refractivity contribution is 5.82. The van der Waals surface area contributed by atoms with Gasteiger partial charge in [0.25, 0.3) is 0 Å². The van der Waals surface area contributed by atoms with Gasteiger partial charge in [-0.3, -0.25) is 9.59 Å². The van der Waals surface area contributed by atoms with Crippen molar-refractivity contribution in [3.05, 3.63) is 0 Å². The summed E-state index contributed by atoms with van der Waals surface area (Å²) in [5.74, 6) is -0.895. The van der Waals surface area contributed by atoms with Gasteiger partial charge in [-0.05, 0) is 32.1 Å². The predicted octanol–water partition coefficient (Wildman–Crippen LogP) is 0.596. The van der Waals surface area contributed by atoms with E-state index in [-0.39, 0.29) is 18.4 Å². The van der Waals surface area contributed by atoms with Crippen LogP contribution in [0.1, 0.15) is 38.5 Å². The maximum atomic E-state index is 12.3. The van der Waals surface area contributed by atoms with E-state index >= 15 is 0 Å². The Hall–Kier alpha value is -1.14. The van der Waals surface area contributed by atoms with Gasteiger partial charge in [-0.25, -0.2) is 0 Å². The lowest BCUT2D eigenvalue weighted by Crippen LogP contribution is -2.51.